The molecule has 4 aromatic rings. The number of nitrogens with one attached hydrogen (secondary N) is 2. The third kappa shape index (κ3) is 2.79. The van der Waals surface area contributed by atoms with E-state index >= 15 is 4.39 Å². The Morgan fingerprint density at radius 2 is 1.97 bits per heavy atom. The molecule has 4 N–H and O–H groups in total. The maximum atomic E-state index is 15.0. The highest BCUT2D eigenvalue weighted by Crippen LogP contribution is 2.47. The number of nitrogens with zero attached hydrogens (tertiary/aromatic N) is 4. The Hall–Kier alpha value is -3.53. The molecule has 1 aliphatic heterocycles. The lowest BCUT2D eigenvalue weighted by Gasteiger charge is -2.21. The number of pyridine rings is 1. The maximum absolute atomic E-state index is 15.0. The van der Waals surface area contributed by atoms with E-state index in [9.17, 15) is 4.39 Å². The minimum absolute atomic E-state index is 0.0986. The second-order valence-electron chi connectivity index (χ2n) is 8.45. The van der Waals surface area contributed by atoms with Crippen molar-refractivity contribution in [2.45, 2.75) is 13.0 Å². The average molecular weight is 437 g/mol. The van der Waals surface area contributed by atoms with E-state index < -0.39 is 11.6 Å². The van der Waals surface area contributed by atoms with Gasteiger partial charge in [0.15, 0.2) is 11.6 Å². The van der Waals surface area contributed by atoms with Crippen LogP contribution in [0.3, 0.4) is 0 Å². The summed E-state index contributed by atoms with van der Waals surface area (Å²) in [5, 5.41) is 3.46. The van der Waals surface area contributed by atoms with Crippen LogP contribution in [0.1, 0.15) is 5.69 Å². The van der Waals surface area contributed by atoms with Gasteiger partial charge in [-0.1, -0.05) is 0 Å². The normalized spacial score (nSPS) is 21.9. The highest BCUT2D eigenvalue weighted by Gasteiger charge is 2.54. The molecule has 6 rings (SSSR count). The Morgan fingerprint density at radius 1 is 1.19 bits per heavy atom. The van der Waals surface area contributed by atoms with Crippen LogP contribution >= 0.6 is 0 Å². The van der Waals surface area contributed by atoms with Crippen LogP contribution in [0.25, 0.3) is 21.9 Å². The van der Waals surface area contributed by atoms with Gasteiger partial charge in [-0.05, 0) is 30.9 Å². The third-order valence-corrected chi connectivity index (χ3v) is 6.50. The second kappa shape index (κ2) is 6.73. The number of anilines is 2. The van der Waals surface area contributed by atoms with Crippen LogP contribution in [0.2, 0.25) is 0 Å². The Balaban J connectivity index is 1.56. The number of fused-ring (bicyclic) bond motifs is 4. The van der Waals surface area contributed by atoms with Crippen molar-refractivity contribution in [3.63, 3.8) is 0 Å². The number of H-pyrrole nitrogens is 1. The molecule has 2 aliphatic rings. The molecule has 164 valence electrons. The number of aromatic amines is 1. The lowest BCUT2D eigenvalue weighted by Crippen LogP contribution is -2.29. The molecule has 1 aromatic carbocycles. The monoisotopic (exact) mass is 437 g/mol. The van der Waals surface area contributed by atoms with E-state index in [4.69, 9.17) is 10.5 Å². The summed E-state index contributed by atoms with van der Waals surface area (Å²) in [6, 6.07) is 5.01. The first-order chi connectivity index (χ1) is 15.4. The molecule has 0 bridgehead atoms. The second-order valence-corrected chi connectivity index (χ2v) is 8.45. The number of rotatable bonds is 4. The summed E-state index contributed by atoms with van der Waals surface area (Å²) in [4.78, 5) is 18.5. The van der Waals surface area contributed by atoms with Gasteiger partial charge in [-0.2, -0.15) is 9.97 Å². The molecule has 1 saturated carbocycles. The number of hydrogen-bond donors (Lipinski definition) is 3. The zero-order valence-corrected chi connectivity index (χ0v) is 17.5. The van der Waals surface area contributed by atoms with E-state index in [1.807, 2.05) is 13.0 Å². The Kier molecular flexibility index (Phi) is 4.03. The summed E-state index contributed by atoms with van der Waals surface area (Å²) in [7, 11) is 1.65. The van der Waals surface area contributed by atoms with Gasteiger partial charge in [-0.3, -0.25) is 4.98 Å². The smallest absolute Gasteiger partial charge is 0.326 e. The van der Waals surface area contributed by atoms with Gasteiger partial charge in [0.2, 0.25) is 0 Å². The SMILES string of the molecule is CNc1cc(F)c(F)c2c1[nH]c1nc(Oc3ccc(C)nc3)nc(N3CC4C(N)C4C3)c12. The largest absolute Gasteiger partial charge is 0.423 e. The Morgan fingerprint density at radius 3 is 2.66 bits per heavy atom. The molecule has 32 heavy (non-hydrogen) atoms. The van der Waals surface area contributed by atoms with E-state index in [0.717, 1.165) is 11.8 Å². The molecule has 0 radical (unpaired) electrons. The zero-order chi connectivity index (χ0) is 22.1. The first kappa shape index (κ1) is 19.2. The summed E-state index contributed by atoms with van der Waals surface area (Å²) in [6.07, 6.45) is 1.59. The first-order valence-corrected chi connectivity index (χ1v) is 10.4. The summed E-state index contributed by atoms with van der Waals surface area (Å²) in [5.41, 5.74) is 8.18. The van der Waals surface area contributed by atoms with Crippen molar-refractivity contribution < 1.29 is 13.5 Å². The predicted octanol–water partition coefficient (Wildman–Crippen LogP) is 3.32. The fourth-order valence-corrected chi connectivity index (χ4v) is 4.70. The molecule has 0 spiro atoms. The molecule has 1 aliphatic carbocycles. The van der Waals surface area contributed by atoms with Gasteiger partial charge in [0.1, 0.15) is 17.2 Å². The number of aryl methyl sites for hydroxylation is 1. The minimum atomic E-state index is -0.939. The third-order valence-electron chi connectivity index (χ3n) is 6.50. The Labute approximate surface area is 181 Å². The van der Waals surface area contributed by atoms with Crippen LogP contribution in [0.5, 0.6) is 11.8 Å². The lowest BCUT2D eigenvalue weighted by molar-refractivity contribution is 0.441. The predicted molar refractivity (Wildman–Crippen MR) is 117 cm³/mol. The molecule has 0 amide bonds. The van der Waals surface area contributed by atoms with Crippen molar-refractivity contribution in [2.24, 2.45) is 17.6 Å². The van der Waals surface area contributed by atoms with Gasteiger partial charge >= 0.3 is 6.01 Å². The highest BCUT2D eigenvalue weighted by atomic mass is 19.2. The molecule has 2 atom stereocenters. The molecule has 2 unspecified atom stereocenters. The molecule has 3 aromatic heterocycles. The molecular formula is C22H21F2N7O. The van der Waals surface area contributed by atoms with E-state index in [2.05, 4.69) is 30.2 Å². The van der Waals surface area contributed by atoms with Crippen molar-refractivity contribution >= 4 is 33.4 Å². The minimum Gasteiger partial charge on any atom is -0.423 e. The number of piperidine rings is 1. The molecule has 8 nitrogen and oxygen atoms in total. The number of aromatic nitrogens is 4. The van der Waals surface area contributed by atoms with Gasteiger partial charge in [0, 0.05) is 37.9 Å². The summed E-state index contributed by atoms with van der Waals surface area (Å²) in [5.74, 6) is -0.131. The van der Waals surface area contributed by atoms with Gasteiger partial charge in [-0.25, -0.2) is 8.78 Å². The molecule has 1 saturated heterocycles. The molecule has 2 fully saturated rings. The fourth-order valence-electron chi connectivity index (χ4n) is 4.70. The quantitative estimate of drug-likeness (QED) is 0.450. The number of benzene rings is 1. The summed E-state index contributed by atoms with van der Waals surface area (Å²) in [6.45, 7) is 3.28. The van der Waals surface area contributed by atoms with Crippen LogP contribution in [-0.2, 0) is 0 Å². The van der Waals surface area contributed by atoms with Crippen molar-refractivity contribution in [2.75, 3.05) is 30.4 Å². The van der Waals surface area contributed by atoms with E-state index in [1.165, 1.54) is 0 Å². The molecule has 4 heterocycles. The van der Waals surface area contributed by atoms with E-state index in [-0.39, 0.29) is 17.4 Å². The summed E-state index contributed by atoms with van der Waals surface area (Å²) >= 11 is 0. The van der Waals surface area contributed by atoms with Crippen molar-refractivity contribution in [1.82, 2.24) is 19.9 Å². The first-order valence-electron chi connectivity index (χ1n) is 10.4. The van der Waals surface area contributed by atoms with Crippen molar-refractivity contribution in [3.8, 4) is 11.8 Å². The van der Waals surface area contributed by atoms with Crippen LogP contribution in [-0.4, -0.2) is 46.1 Å². The van der Waals surface area contributed by atoms with Crippen LogP contribution < -0.4 is 20.7 Å². The molecular weight excluding hydrogens is 416 g/mol. The highest BCUT2D eigenvalue weighted by molar-refractivity contribution is 6.15. The van der Waals surface area contributed by atoms with Gasteiger partial charge < -0.3 is 25.7 Å². The number of ether oxygens (including phenoxy) is 1. The van der Waals surface area contributed by atoms with E-state index in [1.54, 1.807) is 19.3 Å². The maximum Gasteiger partial charge on any atom is 0.326 e. The average Bonchev–Trinajstić information content (AvgIpc) is 3.15. The van der Waals surface area contributed by atoms with Crippen molar-refractivity contribution in [1.29, 1.82) is 0 Å². The lowest BCUT2D eigenvalue weighted by atomic mass is 10.1. The number of hydrogen-bond acceptors (Lipinski definition) is 7. The van der Waals surface area contributed by atoms with Gasteiger partial charge in [0.05, 0.1) is 28.2 Å². The fraction of sp³-hybridized carbons (Fsp3) is 0.318. The Bertz CT molecular complexity index is 1360. The van der Waals surface area contributed by atoms with Crippen LogP contribution in [0.15, 0.2) is 24.4 Å². The standard InChI is InChI=1S/C22H21F2N7O/c1-9-3-4-10(6-27-9)32-22-29-20-16(21(30-22)31-7-11-12(8-31)18(11)25)15-17(24)13(23)5-14(26-2)19(15)28-20/h3-6,11-12,18,26H,7-8,25H2,1-2H3,(H,28,29,30). The number of halogens is 2. The topological polar surface area (TPSA) is 105 Å². The van der Waals surface area contributed by atoms with Gasteiger partial charge in [-0.15, -0.1) is 0 Å². The summed E-state index contributed by atoms with van der Waals surface area (Å²) < 4.78 is 35.3. The van der Waals surface area contributed by atoms with Gasteiger partial charge in [0.25, 0.3) is 0 Å². The number of nitrogens with two attached hydrogens (primary N) is 1. The van der Waals surface area contributed by atoms with Crippen LogP contribution in [0, 0.1) is 30.4 Å². The van der Waals surface area contributed by atoms with Crippen molar-refractivity contribution in [3.05, 3.63) is 41.7 Å². The zero-order valence-electron chi connectivity index (χ0n) is 17.5. The molecule has 10 heteroatoms. The van der Waals surface area contributed by atoms with Crippen LogP contribution in [0.4, 0.5) is 20.3 Å². The van der Waals surface area contributed by atoms with E-state index in [0.29, 0.717) is 58.7 Å².